The second kappa shape index (κ2) is 5.34. The first-order valence-electron chi connectivity index (χ1n) is 5.05. The van der Waals surface area contributed by atoms with Crippen molar-refractivity contribution in [3.63, 3.8) is 0 Å². The molecule has 1 atom stereocenters. The van der Waals surface area contributed by atoms with Crippen LogP contribution in [0.1, 0.15) is 30.2 Å². The molecule has 0 spiro atoms. The van der Waals surface area contributed by atoms with Gasteiger partial charge in [-0.25, -0.2) is 4.79 Å². The van der Waals surface area contributed by atoms with Crippen molar-refractivity contribution in [1.82, 2.24) is 5.32 Å². The quantitative estimate of drug-likeness (QED) is 0.780. The lowest BCUT2D eigenvalue weighted by Gasteiger charge is -2.09. The molecule has 0 saturated carbocycles. The molecule has 1 rings (SSSR count). The number of hydrogen-bond acceptors (Lipinski definition) is 4. The maximum Gasteiger partial charge on any atom is 0.328 e. The molecule has 1 amide bonds. The topological polar surface area (TPSA) is 68.5 Å². The number of furan rings is 1. The summed E-state index contributed by atoms with van der Waals surface area (Å²) in [6.45, 7) is 3.48. The molecular formula is C11H15NO4. The number of carbonyl (C=O) groups is 2. The Morgan fingerprint density at radius 3 is 2.69 bits per heavy atom. The van der Waals surface area contributed by atoms with Gasteiger partial charge >= 0.3 is 5.97 Å². The monoisotopic (exact) mass is 225 g/mol. The zero-order valence-corrected chi connectivity index (χ0v) is 9.57. The highest BCUT2D eigenvalue weighted by molar-refractivity contribution is 5.94. The van der Waals surface area contributed by atoms with Crippen molar-refractivity contribution >= 4 is 11.9 Å². The van der Waals surface area contributed by atoms with Gasteiger partial charge < -0.3 is 14.5 Å². The molecule has 1 unspecified atom stereocenters. The van der Waals surface area contributed by atoms with Crippen LogP contribution in [-0.4, -0.2) is 25.0 Å². The summed E-state index contributed by atoms with van der Waals surface area (Å²) in [4.78, 5) is 22.7. The van der Waals surface area contributed by atoms with Gasteiger partial charge in [0.25, 0.3) is 5.91 Å². The van der Waals surface area contributed by atoms with Gasteiger partial charge in [0.2, 0.25) is 0 Å². The van der Waals surface area contributed by atoms with Crippen molar-refractivity contribution in [1.29, 1.82) is 0 Å². The van der Waals surface area contributed by atoms with Gasteiger partial charge in [0.1, 0.15) is 11.8 Å². The smallest absolute Gasteiger partial charge is 0.328 e. The van der Waals surface area contributed by atoms with Gasteiger partial charge in [0, 0.05) is 6.42 Å². The molecule has 1 heterocycles. The lowest BCUT2D eigenvalue weighted by molar-refractivity contribution is -0.142. The molecule has 0 aliphatic carbocycles. The van der Waals surface area contributed by atoms with Crippen LogP contribution in [0.4, 0.5) is 0 Å². The molecule has 5 nitrogen and oxygen atoms in total. The Hall–Kier alpha value is -1.78. The van der Waals surface area contributed by atoms with Crippen molar-refractivity contribution in [2.24, 2.45) is 0 Å². The molecule has 0 bridgehead atoms. The maximum absolute atomic E-state index is 11.6. The third kappa shape index (κ3) is 2.85. The van der Waals surface area contributed by atoms with Gasteiger partial charge in [0.15, 0.2) is 5.76 Å². The molecule has 0 radical (unpaired) electrons. The highest BCUT2D eigenvalue weighted by Crippen LogP contribution is 2.08. The van der Waals surface area contributed by atoms with Gasteiger partial charge in [-0.1, -0.05) is 6.92 Å². The Labute approximate surface area is 93.8 Å². The molecule has 16 heavy (non-hydrogen) atoms. The summed E-state index contributed by atoms with van der Waals surface area (Å²) in [5, 5.41) is 2.48. The number of hydrogen-bond donors (Lipinski definition) is 1. The standard InChI is InChI=1S/C11H15NO4/c1-4-8-5-6-9(16-8)10(13)12-7(2)11(14)15-3/h5-7H,4H2,1-3H3,(H,12,13). The first-order valence-corrected chi connectivity index (χ1v) is 5.05. The van der Waals surface area contributed by atoms with Crippen LogP contribution in [0.5, 0.6) is 0 Å². The second-order valence-corrected chi connectivity index (χ2v) is 3.34. The van der Waals surface area contributed by atoms with Crippen LogP contribution in [0, 0.1) is 0 Å². The summed E-state index contributed by atoms with van der Waals surface area (Å²) >= 11 is 0. The van der Waals surface area contributed by atoms with Crippen molar-refractivity contribution in [3.8, 4) is 0 Å². The molecule has 0 aliphatic heterocycles. The third-order valence-electron chi connectivity index (χ3n) is 2.14. The van der Waals surface area contributed by atoms with Crippen molar-refractivity contribution in [3.05, 3.63) is 23.7 Å². The van der Waals surface area contributed by atoms with Crippen molar-refractivity contribution in [2.75, 3.05) is 7.11 Å². The zero-order valence-electron chi connectivity index (χ0n) is 9.57. The third-order valence-corrected chi connectivity index (χ3v) is 2.14. The number of esters is 1. The number of aryl methyl sites for hydroxylation is 1. The van der Waals surface area contributed by atoms with Gasteiger partial charge in [-0.15, -0.1) is 0 Å². The fourth-order valence-corrected chi connectivity index (χ4v) is 1.19. The molecule has 1 aromatic rings. The van der Waals surface area contributed by atoms with Gasteiger partial charge in [-0.2, -0.15) is 0 Å². The first kappa shape index (κ1) is 12.3. The summed E-state index contributed by atoms with van der Waals surface area (Å²) in [7, 11) is 1.27. The van der Waals surface area contributed by atoms with Crippen molar-refractivity contribution < 1.29 is 18.7 Å². The van der Waals surface area contributed by atoms with E-state index in [1.165, 1.54) is 7.11 Å². The van der Waals surface area contributed by atoms with E-state index >= 15 is 0 Å². The largest absolute Gasteiger partial charge is 0.467 e. The average molecular weight is 225 g/mol. The van der Waals surface area contributed by atoms with Crippen LogP contribution < -0.4 is 5.32 Å². The van der Waals surface area contributed by atoms with Crippen LogP contribution in [0.25, 0.3) is 0 Å². The second-order valence-electron chi connectivity index (χ2n) is 3.34. The Kier molecular flexibility index (Phi) is 4.10. The van der Waals surface area contributed by atoms with Gasteiger partial charge in [-0.05, 0) is 19.1 Å². The summed E-state index contributed by atoms with van der Waals surface area (Å²) in [6, 6.07) is 2.63. The van der Waals surface area contributed by atoms with Gasteiger partial charge in [-0.3, -0.25) is 4.79 Å². The van der Waals surface area contributed by atoms with Crippen LogP contribution in [0.2, 0.25) is 0 Å². The Morgan fingerprint density at radius 2 is 2.19 bits per heavy atom. The molecule has 1 aromatic heterocycles. The van der Waals surface area contributed by atoms with E-state index in [1.807, 2.05) is 6.92 Å². The number of nitrogens with one attached hydrogen (secondary N) is 1. The summed E-state index contributed by atoms with van der Waals surface area (Å²) < 4.78 is 9.74. The highest BCUT2D eigenvalue weighted by atomic mass is 16.5. The zero-order chi connectivity index (χ0) is 12.1. The lowest BCUT2D eigenvalue weighted by Crippen LogP contribution is -2.38. The molecule has 0 fully saturated rings. The molecule has 0 aliphatic rings. The molecule has 0 aromatic carbocycles. The Morgan fingerprint density at radius 1 is 1.50 bits per heavy atom. The minimum atomic E-state index is -0.687. The molecule has 5 heteroatoms. The van der Waals surface area contributed by atoms with E-state index in [1.54, 1.807) is 19.1 Å². The minimum absolute atomic E-state index is 0.201. The Bertz CT molecular complexity index is 383. The maximum atomic E-state index is 11.6. The molecular weight excluding hydrogens is 210 g/mol. The Balaban J connectivity index is 2.61. The van der Waals surface area contributed by atoms with Crippen molar-refractivity contribution in [2.45, 2.75) is 26.3 Å². The molecule has 88 valence electrons. The predicted octanol–water partition coefficient (Wildman–Crippen LogP) is 1.13. The first-order chi connectivity index (χ1) is 7.58. The van der Waals surface area contributed by atoms with E-state index in [0.717, 1.165) is 12.2 Å². The van der Waals surface area contributed by atoms with E-state index in [4.69, 9.17) is 4.42 Å². The molecule has 1 N–H and O–H groups in total. The SMILES string of the molecule is CCc1ccc(C(=O)NC(C)C(=O)OC)o1. The number of carbonyl (C=O) groups excluding carboxylic acids is 2. The average Bonchev–Trinajstić information content (AvgIpc) is 2.76. The lowest BCUT2D eigenvalue weighted by atomic mass is 10.3. The summed E-state index contributed by atoms with van der Waals surface area (Å²) in [6.07, 6.45) is 0.722. The van der Waals surface area contributed by atoms with Crippen LogP contribution in [-0.2, 0) is 16.0 Å². The van der Waals surface area contributed by atoms with E-state index < -0.39 is 17.9 Å². The molecule has 0 saturated heterocycles. The number of ether oxygens (including phenoxy) is 1. The fourth-order valence-electron chi connectivity index (χ4n) is 1.19. The van der Waals surface area contributed by atoms with Crippen LogP contribution in [0.15, 0.2) is 16.5 Å². The highest BCUT2D eigenvalue weighted by Gasteiger charge is 2.18. The minimum Gasteiger partial charge on any atom is -0.467 e. The normalized spacial score (nSPS) is 11.9. The predicted molar refractivity (Wildman–Crippen MR) is 57.0 cm³/mol. The number of methoxy groups -OCH3 is 1. The van der Waals surface area contributed by atoms with E-state index in [9.17, 15) is 9.59 Å². The fraction of sp³-hybridized carbons (Fsp3) is 0.455. The van der Waals surface area contributed by atoms with E-state index in [2.05, 4.69) is 10.1 Å². The van der Waals surface area contributed by atoms with Gasteiger partial charge in [0.05, 0.1) is 7.11 Å². The summed E-state index contributed by atoms with van der Waals surface area (Å²) in [5.41, 5.74) is 0. The summed E-state index contributed by atoms with van der Waals surface area (Å²) in [5.74, 6) is 0.0247. The van der Waals surface area contributed by atoms with Crippen LogP contribution >= 0.6 is 0 Å². The van der Waals surface area contributed by atoms with E-state index in [-0.39, 0.29) is 5.76 Å². The number of rotatable bonds is 4. The van der Waals surface area contributed by atoms with Crippen LogP contribution in [0.3, 0.4) is 0 Å². The number of amides is 1. The van der Waals surface area contributed by atoms with E-state index in [0.29, 0.717) is 0 Å².